The third-order valence-electron chi connectivity index (χ3n) is 3.22. The van der Waals surface area contributed by atoms with Crippen LogP contribution in [0.25, 0.3) is 5.57 Å². The van der Waals surface area contributed by atoms with Crippen LogP contribution in [-0.2, 0) is 9.53 Å². The molecule has 0 bridgehead atoms. The van der Waals surface area contributed by atoms with Gasteiger partial charge in [0.15, 0.2) is 0 Å². The molecule has 2 aromatic carbocycles. The maximum atomic E-state index is 11.6. The van der Waals surface area contributed by atoms with Crippen LogP contribution < -0.4 is 0 Å². The van der Waals surface area contributed by atoms with Crippen molar-refractivity contribution in [3.05, 3.63) is 76.9 Å². The number of hydrogen-bond acceptors (Lipinski definition) is 2. The molecule has 0 saturated heterocycles. The summed E-state index contributed by atoms with van der Waals surface area (Å²) >= 11 is 0. The molecule has 2 nitrogen and oxygen atoms in total. The summed E-state index contributed by atoms with van der Waals surface area (Å²) in [6.45, 7) is 4.11. The van der Waals surface area contributed by atoms with Crippen molar-refractivity contribution in [1.82, 2.24) is 0 Å². The highest BCUT2D eigenvalue weighted by Gasteiger charge is 2.10. The molecule has 0 radical (unpaired) electrons. The van der Waals surface area contributed by atoms with Crippen molar-refractivity contribution in [2.24, 2.45) is 0 Å². The van der Waals surface area contributed by atoms with Crippen molar-refractivity contribution in [2.75, 3.05) is 7.11 Å². The summed E-state index contributed by atoms with van der Waals surface area (Å²) in [5, 5.41) is 0. The van der Waals surface area contributed by atoms with Gasteiger partial charge in [-0.3, -0.25) is 0 Å². The first kappa shape index (κ1) is 14.1. The van der Waals surface area contributed by atoms with Gasteiger partial charge in [0, 0.05) is 6.08 Å². The minimum atomic E-state index is -0.344. The molecule has 0 aliphatic carbocycles. The molecular formula is C18H18O2. The maximum absolute atomic E-state index is 11.6. The Labute approximate surface area is 119 Å². The Kier molecular flexibility index (Phi) is 4.36. The summed E-state index contributed by atoms with van der Waals surface area (Å²) < 4.78 is 4.77. The van der Waals surface area contributed by atoms with Crippen LogP contribution in [0.15, 0.2) is 54.6 Å². The fourth-order valence-corrected chi connectivity index (χ4v) is 2.23. The van der Waals surface area contributed by atoms with Gasteiger partial charge < -0.3 is 4.74 Å². The van der Waals surface area contributed by atoms with Crippen LogP contribution in [0.3, 0.4) is 0 Å². The molecule has 0 spiro atoms. The highest BCUT2D eigenvalue weighted by atomic mass is 16.5. The smallest absolute Gasteiger partial charge is 0.331 e. The summed E-state index contributed by atoms with van der Waals surface area (Å²) in [6.07, 6.45) is 1.55. The highest BCUT2D eigenvalue weighted by Crippen LogP contribution is 2.26. The van der Waals surface area contributed by atoms with Crippen molar-refractivity contribution in [1.29, 1.82) is 0 Å². The second kappa shape index (κ2) is 6.20. The summed E-state index contributed by atoms with van der Waals surface area (Å²) in [4.78, 5) is 11.6. The first-order valence-electron chi connectivity index (χ1n) is 6.54. The van der Waals surface area contributed by atoms with Crippen molar-refractivity contribution in [3.8, 4) is 0 Å². The Bertz CT molecular complexity index is 640. The normalized spacial score (nSPS) is 11.2. The number of ether oxygens (including phenoxy) is 1. The molecule has 2 heteroatoms. The van der Waals surface area contributed by atoms with Gasteiger partial charge in [0.2, 0.25) is 0 Å². The van der Waals surface area contributed by atoms with E-state index in [9.17, 15) is 4.79 Å². The number of carbonyl (C=O) groups is 1. The molecule has 0 aliphatic rings. The third-order valence-corrected chi connectivity index (χ3v) is 3.22. The Hall–Kier alpha value is -2.35. The van der Waals surface area contributed by atoms with Gasteiger partial charge in [-0.2, -0.15) is 0 Å². The van der Waals surface area contributed by atoms with Crippen LogP contribution in [0.4, 0.5) is 0 Å². The molecule has 0 heterocycles. The van der Waals surface area contributed by atoms with Gasteiger partial charge in [-0.15, -0.1) is 0 Å². The van der Waals surface area contributed by atoms with Crippen LogP contribution >= 0.6 is 0 Å². The summed E-state index contributed by atoms with van der Waals surface area (Å²) in [6, 6.07) is 16.1. The molecule has 0 amide bonds. The molecule has 0 aliphatic heterocycles. The molecule has 0 fully saturated rings. The van der Waals surface area contributed by atoms with Crippen LogP contribution in [0.1, 0.15) is 22.3 Å². The monoisotopic (exact) mass is 266 g/mol. The molecule has 20 heavy (non-hydrogen) atoms. The molecule has 0 aromatic heterocycles. The number of methoxy groups -OCH3 is 1. The zero-order valence-corrected chi connectivity index (χ0v) is 12.0. The van der Waals surface area contributed by atoms with E-state index in [-0.39, 0.29) is 5.97 Å². The number of benzene rings is 2. The van der Waals surface area contributed by atoms with Crippen LogP contribution in [0.2, 0.25) is 0 Å². The topological polar surface area (TPSA) is 26.3 Å². The quantitative estimate of drug-likeness (QED) is 0.622. The SMILES string of the molecule is COC(=O)/C=C(/c1ccccc1)c1ccc(C)cc1C. The maximum Gasteiger partial charge on any atom is 0.331 e. The lowest BCUT2D eigenvalue weighted by Crippen LogP contribution is -2.00. The molecule has 102 valence electrons. The predicted octanol–water partition coefficient (Wildman–Crippen LogP) is 3.91. The zero-order chi connectivity index (χ0) is 14.5. The molecule has 2 aromatic rings. The number of hydrogen-bond donors (Lipinski definition) is 0. The second-order valence-corrected chi connectivity index (χ2v) is 4.77. The molecule has 2 rings (SSSR count). The van der Waals surface area contributed by atoms with E-state index in [4.69, 9.17) is 4.74 Å². The zero-order valence-electron chi connectivity index (χ0n) is 12.0. The predicted molar refractivity (Wildman–Crippen MR) is 81.5 cm³/mol. The first-order chi connectivity index (χ1) is 9.61. The molecule has 0 unspecified atom stereocenters. The van der Waals surface area contributed by atoms with E-state index in [1.54, 1.807) is 6.08 Å². The van der Waals surface area contributed by atoms with Gasteiger partial charge in [0.1, 0.15) is 0 Å². The van der Waals surface area contributed by atoms with Gasteiger partial charge in [-0.1, -0.05) is 54.1 Å². The van der Waals surface area contributed by atoms with E-state index in [1.807, 2.05) is 36.4 Å². The lowest BCUT2D eigenvalue weighted by atomic mass is 9.93. The fourth-order valence-electron chi connectivity index (χ4n) is 2.23. The third kappa shape index (κ3) is 3.15. The average molecular weight is 266 g/mol. The van der Waals surface area contributed by atoms with E-state index >= 15 is 0 Å². The average Bonchev–Trinajstić information content (AvgIpc) is 2.46. The summed E-state index contributed by atoms with van der Waals surface area (Å²) in [5.41, 5.74) is 5.28. The molecule has 0 saturated carbocycles. The molecule has 0 N–H and O–H groups in total. The number of carbonyl (C=O) groups excluding carboxylic acids is 1. The van der Waals surface area contributed by atoms with Crippen molar-refractivity contribution in [2.45, 2.75) is 13.8 Å². The standard InChI is InChI=1S/C18H18O2/c1-13-9-10-16(14(2)11-13)17(12-18(19)20-3)15-7-5-4-6-8-15/h4-12H,1-3H3/b17-12-. The molecule has 0 atom stereocenters. The van der Waals surface area contributed by atoms with Crippen LogP contribution in [-0.4, -0.2) is 13.1 Å². The highest BCUT2D eigenvalue weighted by molar-refractivity contribution is 5.96. The van der Waals surface area contributed by atoms with E-state index in [0.29, 0.717) is 0 Å². The van der Waals surface area contributed by atoms with Gasteiger partial charge in [-0.25, -0.2) is 4.79 Å². The van der Waals surface area contributed by atoms with Crippen LogP contribution in [0, 0.1) is 13.8 Å². The molecular weight excluding hydrogens is 248 g/mol. The van der Waals surface area contributed by atoms with Crippen molar-refractivity contribution in [3.63, 3.8) is 0 Å². The van der Waals surface area contributed by atoms with E-state index in [1.165, 1.54) is 12.7 Å². The summed E-state index contributed by atoms with van der Waals surface area (Å²) in [5.74, 6) is -0.344. The number of esters is 1. The number of aryl methyl sites for hydroxylation is 2. The first-order valence-corrected chi connectivity index (χ1v) is 6.54. The van der Waals surface area contributed by atoms with Crippen LogP contribution in [0.5, 0.6) is 0 Å². The van der Waals surface area contributed by atoms with Gasteiger partial charge in [-0.05, 0) is 36.1 Å². The Morgan fingerprint density at radius 1 is 1.05 bits per heavy atom. The lowest BCUT2D eigenvalue weighted by Gasteiger charge is -2.12. The largest absolute Gasteiger partial charge is 0.466 e. The second-order valence-electron chi connectivity index (χ2n) is 4.77. The van der Waals surface area contributed by atoms with E-state index in [0.717, 1.165) is 22.3 Å². The van der Waals surface area contributed by atoms with E-state index in [2.05, 4.69) is 26.0 Å². The lowest BCUT2D eigenvalue weighted by molar-refractivity contribution is -0.134. The fraction of sp³-hybridized carbons (Fsp3) is 0.167. The van der Waals surface area contributed by atoms with Crippen molar-refractivity contribution < 1.29 is 9.53 Å². The van der Waals surface area contributed by atoms with Gasteiger partial charge >= 0.3 is 5.97 Å². The van der Waals surface area contributed by atoms with Gasteiger partial charge in [0.25, 0.3) is 0 Å². The Balaban J connectivity index is 2.58. The Morgan fingerprint density at radius 3 is 2.35 bits per heavy atom. The van der Waals surface area contributed by atoms with E-state index < -0.39 is 0 Å². The Morgan fingerprint density at radius 2 is 1.75 bits per heavy atom. The minimum absolute atomic E-state index is 0.344. The minimum Gasteiger partial charge on any atom is -0.466 e. The van der Waals surface area contributed by atoms with Crippen molar-refractivity contribution >= 4 is 11.5 Å². The van der Waals surface area contributed by atoms with Gasteiger partial charge in [0.05, 0.1) is 7.11 Å². The summed E-state index contributed by atoms with van der Waals surface area (Å²) in [7, 11) is 1.39. The number of rotatable bonds is 3.